The van der Waals surface area contributed by atoms with E-state index in [-0.39, 0.29) is 17.5 Å². The minimum absolute atomic E-state index is 0.209. The Morgan fingerprint density at radius 1 is 0.290 bits per heavy atom. The fourth-order valence-electron chi connectivity index (χ4n) is 9.14. The van der Waals surface area contributed by atoms with E-state index in [1.807, 2.05) is 72.8 Å². The topological polar surface area (TPSA) is 0 Å². The standard InChI is InChI=1S/3C9H10Cl.3C9H10F.2Al/c6*1-7(2)8-3-5-9(10)6-4-8;;/h6*3-7H,1H2,2H3;;. The third kappa shape index (κ3) is 16.2. The molecule has 0 saturated heterocycles. The van der Waals surface area contributed by atoms with E-state index in [0.717, 1.165) is 30.9 Å². The van der Waals surface area contributed by atoms with Crippen molar-refractivity contribution >= 4 is 63.1 Å². The molecule has 0 aliphatic rings. The number of hydrogen-bond donors (Lipinski definition) is 0. The lowest BCUT2D eigenvalue weighted by Gasteiger charge is -2.24. The molecular weight excluding hydrogens is 866 g/mol. The molecule has 0 spiro atoms. The SMILES string of the molecule is CC([CH2][Al]([CH2]C(C)c1ccc(Cl)cc1)[CH2]C(C)c1ccc(Cl)cc1)c1ccc(Cl)cc1.CC([CH2][Al]([CH2]C(C)c1ccc(F)cc1)[CH2]C(C)c1ccc(F)cc1)c1ccc(F)cc1. The van der Waals surface area contributed by atoms with Gasteiger partial charge in [0, 0.05) is 15.1 Å². The highest BCUT2D eigenvalue weighted by Crippen LogP contribution is 2.36. The highest BCUT2D eigenvalue weighted by Gasteiger charge is 2.28. The minimum Gasteiger partial charge on any atom is -0.207 e. The second-order valence-electron chi connectivity index (χ2n) is 17.9. The van der Waals surface area contributed by atoms with Gasteiger partial charge in [-0.2, -0.15) is 0 Å². The number of rotatable bonds is 18. The molecule has 8 heteroatoms. The van der Waals surface area contributed by atoms with Crippen LogP contribution in [0.3, 0.4) is 0 Å². The van der Waals surface area contributed by atoms with E-state index in [1.54, 1.807) is 0 Å². The summed E-state index contributed by atoms with van der Waals surface area (Å²) in [6.07, 6.45) is 0. The summed E-state index contributed by atoms with van der Waals surface area (Å²) in [7, 11) is 0. The van der Waals surface area contributed by atoms with Crippen LogP contribution in [-0.4, -0.2) is 28.3 Å². The van der Waals surface area contributed by atoms with Crippen LogP contribution in [0.4, 0.5) is 13.2 Å². The van der Waals surface area contributed by atoms with Crippen molar-refractivity contribution in [1.82, 2.24) is 0 Å². The second kappa shape index (κ2) is 24.9. The average Bonchev–Trinajstić information content (AvgIpc) is 3.25. The van der Waals surface area contributed by atoms with Gasteiger partial charge in [0.15, 0.2) is 0 Å². The molecule has 0 saturated carbocycles. The van der Waals surface area contributed by atoms with Gasteiger partial charge in [-0.05, 0) is 142 Å². The van der Waals surface area contributed by atoms with Gasteiger partial charge in [0.2, 0.25) is 0 Å². The van der Waals surface area contributed by atoms with Gasteiger partial charge in [-0.25, -0.2) is 13.2 Å². The summed E-state index contributed by atoms with van der Waals surface area (Å²) in [5.41, 5.74) is 7.67. The van der Waals surface area contributed by atoms with Crippen molar-refractivity contribution in [3.63, 3.8) is 0 Å². The highest BCUT2D eigenvalue weighted by molar-refractivity contribution is 6.59. The van der Waals surface area contributed by atoms with Crippen molar-refractivity contribution in [3.8, 4) is 0 Å². The summed E-state index contributed by atoms with van der Waals surface area (Å²) < 4.78 is 40.0. The quantitative estimate of drug-likeness (QED) is 0.0754. The van der Waals surface area contributed by atoms with Gasteiger partial charge in [-0.15, -0.1) is 0 Å². The lowest BCUT2D eigenvalue weighted by atomic mass is 10.0. The molecule has 0 radical (unpaired) electrons. The number of halogens is 6. The summed E-state index contributed by atoms with van der Waals surface area (Å²) in [4.78, 5) is 0. The Morgan fingerprint density at radius 2 is 0.435 bits per heavy atom. The zero-order valence-electron chi connectivity index (χ0n) is 37.0. The van der Waals surface area contributed by atoms with E-state index in [1.165, 1.54) is 85.6 Å². The van der Waals surface area contributed by atoms with E-state index < -0.39 is 28.3 Å². The van der Waals surface area contributed by atoms with Crippen molar-refractivity contribution in [2.75, 3.05) is 0 Å². The molecular formula is C54H60Al2Cl3F3. The fraction of sp³-hybridized carbons (Fsp3) is 0.333. The largest absolute Gasteiger partial charge is 0.263 e. The van der Waals surface area contributed by atoms with Crippen LogP contribution in [0, 0.1) is 17.5 Å². The Bertz CT molecular complexity index is 1780. The molecule has 6 rings (SSSR count). The van der Waals surface area contributed by atoms with Crippen LogP contribution in [0.2, 0.25) is 46.8 Å². The molecule has 0 aromatic heterocycles. The van der Waals surface area contributed by atoms with Crippen LogP contribution in [0.15, 0.2) is 146 Å². The molecule has 0 N–H and O–H groups in total. The smallest absolute Gasteiger partial charge is 0.207 e. The Kier molecular flexibility index (Phi) is 20.1. The number of benzene rings is 6. The molecule has 0 amide bonds. The molecule has 6 aromatic carbocycles. The van der Waals surface area contributed by atoms with E-state index >= 15 is 0 Å². The zero-order chi connectivity index (χ0) is 44.8. The molecule has 6 aromatic rings. The lowest BCUT2D eigenvalue weighted by molar-refractivity contribution is 0.626. The maximum Gasteiger partial charge on any atom is 0.263 e. The Labute approximate surface area is 393 Å². The van der Waals surface area contributed by atoms with Crippen LogP contribution < -0.4 is 0 Å². The molecule has 6 unspecified atom stereocenters. The first-order chi connectivity index (χ1) is 29.6. The summed E-state index contributed by atoms with van der Waals surface area (Å²) in [6.45, 7) is 13.8. The second-order valence-corrected chi connectivity index (χ2v) is 25.5. The molecule has 324 valence electrons. The van der Waals surface area contributed by atoms with E-state index in [9.17, 15) is 13.2 Å². The van der Waals surface area contributed by atoms with Gasteiger partial charge in [-0.1, -0.05) is 181 Å². The predicted octanol–water partition coefficient (Wildman–Crippen LogP) is 18.2. The summed E-state index contributed by atoms with van der Waals surface area (Å²) in [5.74, 6) is 2.09. The highest BCUT2D eigenvalue weighted by atomic mass is 35.5. The van der Waals surface area contributed by atoms with Gasteiger partial charge < -0.3 is 0 Å². The minimum atomic E-state index is -1.23. The first kappa shape index (κ1) is 50.1. The van der Waals surface area contributed by atoms with Crippen molar-refractivity contribution < 1.29 is 13.2 Å². The van der Waals surface area contributed by atoms with Crippen LogP contribution >= 0.6 is 34.8 Å². The normalized spacial score (nSPS) is 14.1. The Morgan fingerprint density at radius 3 is 0.597 bits per heavy atom. The molecule has 0 bridgehead atoms. The molecule has 6 atom stereocenters. The van der Waals surface area contributed by atoms with Crippen LogP contribution in [0.1, 0.15) is 110 Å². The fourth-order valence-corrected chi connectivity index (χ4v) is 18.3. The third-order valence-corrected chi connectivity index (χ3v) is 21.8. The molecule has 0 nitrogen and oxygen atoms in total. The van der Waals surface area contributed by atoms with Crippen molar-refractivity contribution in [3.05, 3.63) is 211 Å². The first-order valence-corrected chi connectivity index (χ1v) is 28.2. The maximum atomic E-state index is 13.3. The van der Waals surface area contributed by atoms with E-state index in [0.29, 0.717) is 35.5 Å². The van der Waals surface area contributed by atoms with Gasteiger partial charge >= 0.3 is 0 Å². The predicted molar refractivity (Wildman–Crippen MR) is 264 cm³/mol. The van der Waals surface area contributed by atoms with Gasteiger partial charge in [0.05, 0.1) is 0 Å². The molecule has 0 fully saturated rings. The molecule has 0 aliphatic heterocycles. The third-order valence-electron chi connectivity index (χ3n) is 12.8. The van der Waals surface area contributed by atoms with Crippen LogP contribution in [-0.2, 0) is 0 Å². The van der Waals surface area contributed by atoms with E-state index in [2.05, 4.69) is 77.9 Å². The molecule has 0 aliphatic carbocycles. The van der Waals surface area contributed by atoms with Crippen molar-refractivity contribution in [2.45, 2.75) is 109 Å². The average molecular weight is 926 g/mol. The van der Waals surface area contributed by atoms with Gasteiger partial charge in [0.25, 0.3) is 28.3 Å². The Balaban J connectivity index is 0.000000234. The van der Waals surface area contributed by atoms with Gasteiger partial charge in [-0.3, -0.25) is 0 Å². The summed E-state index contributed by atoms with van der Waals surface area (Å²) in [6, 6.07) is 45.7. The van der Waals surface area contributed by atoms with Gasteiger partial charge in [0.1, 0.15) is 17.5 Å². The lowest BCUT2D eigenvalue weighted by Crippen LogP contribution is -2.20. The maximum absolute atomic E-state index is 13.3. The molecule has 0 heterocycles. The van der Waals surface area contributed by atoms with Crippen molar-refractivity contribution in [2.24, 2.45) is 0 Å². The monoisotopic (exact) mass is 924 g/mol. The van der Waals surface area contributed by atoms with Crippen molar-refractivity contribution in [1.29, 1.82) is 0 Å². The summed E-state index contributed by atoms with van der Waals surface area (Å²) in [5, 5.41) is 9.62. The first-order valence-electron chi connectivity index (χ1n) is 22.2. The number of hydrogen-bond acceptors (Lipinski definition) is 0. The Hall–Kier alpha value is -2.96. The van der Waals surface area contributed by atoms with Crippen LogP contribution in [0.25, 0.3) is 0 Å². The van der Waals surface area contributed by atoms with E-state index in [4.69, 9.17) is 34.8 Å². The van der Waals surface area contributed by atoms with Crippen LogP contribution in [0.5, 0.6) is 0 Å². The molecule has 62 heavy (non-hydrogen) atoms. The summed E-state index contributed by atoms with van der Waals surface area (Å²) >= 11 is 16.0. The zero-order valence-corrected chi connectivity index (χ0v) is 41.6.